The Morgan fingerprint density at radius 1 is 1.33 bits per heavy atom. The van der Waals surface area contributed by atoms with Crippen molar-refractivity contribution in [3.05, 3.63) is 23.9 Å². The van der Waals surface area contributed by atoms with Crippen molar-refractivity contribution in [2.45, 2.75) is 26.3 Å². The van der Waals surface area contributed by atoms with E-state index in [0.29, 0.717) is 30.0 Å². The fraction of sp³-hybridized carbons (Fsp3) is 0.667. The van der Waals surface area contributed by atoms with Gasteiger partial charge in [0.15, 0.2) is 0 Å². The van der Waals surface area contributed by atoms with Crippen LogP contribution < -0.4 is 4.74 Å². The maximum atomic E-state index is 12.9. The summed E-state index contributed by atoms with van der Waals surface area (Å²) in [5, 5.41) is 0. The number of carbonyl (C=O) groups excluding carboxylic acids is 1. The fourth-order valence-corrected chi connectivity index (χ4v) is 3.70. The molecule has 132 valence electrons. The van der Waals surface area contributed by atoms with E-state index in [4.69, 9.17) is 9.47 Å². The molecule has 2 saturated heterocycles. The predicted octanol–water partition coefficient (Wildman–Crippen LogP) is 1.66. The van der Waals surface area contributed by atoms with Crippen molar-refractivity contribution in [3.63, 3.8) is 0 Å². The molecule has 1 aromatic rings. The van der Waals surface area contributed by atoms with Gasteiger partial charge in [0, 0.05) is 50.0 Å². The van der Waals surface area contributed by atoms with Gasteiger partial charge in [-0.3, -0.25) is 9.69 Å². The molecule has 0 N–H and O–H groups in total. The van der Waals surface area contributed by atoms with Gasteiger partial charge >= 0.3 is 0 Å². The molecule has 0 aliphatic carbocycles. The van der Waals surface area contributed by atoms with Crippen molar-refractivity contribution in [2.75, 3.05) is 46.0 Å². The molecule has 0 unspecified atom stereocenters. The number of pyridine rings is 1. The van der Waals surface area contributed by atoms with Crippen molar-refractivity contribution in [1.82, 2.24) is 14.8 Å². The first-order chi connectivity index (χ1) is 11.7. The quantitative estimate of drug-likeness (QED) is 0.820. The van der Waals surface area contributed by atoms with Crippen LogP contribution in [0.5, 0.6) is 5.88 Å². The van der Waals surface area contributed by atoms with E-state index in [-0.39, 0.29) is 5.91 Å². The average Bonchev–Trinajstić information content (AvgIpc) is 3.07. The Morgan fingerprint density at radius 3 is 2.83 bits per heavy atom. The number of rotatable bonds is 5. The molecule has 0 radical (unpaired) electrons. The van der Waals surface area contributed by atoms with Crippen molar-refractivity contribution >= 4 is 5.91 Å². The summed E-state index contributed by atoms with van der Waals surface area (Å²) < 4.78 is 10.9. The van der Waals surface area contributed by atoms with Gasteiger partial charge in [0.05, 0.1) is 19.8 Å². The molecule has 1 aromatic heterocycles. The lowest BCUT2D eigenvalue weighted by Crippen LogP contribution is -2.47. The van der Waals surface area contributed by atoms with Gasteiger partial charge in [0.2, 0.25) is 5.88 Å². The standard InChI is InChI=1S/C18H27N3O3/c1-3-14-12-21(13-16(14)20-7-9-23-10-8-20)18(22)15-5-6-19-17(11-15)24-4-2/h5-6,11,14,16H,3-4,7-10,12-13H2,1-2H3/t14-,16+/m1/s1. The second-order valence-corrected chi connectivity index (χ2v) is 6.41. The Morgan fingerprint density at radius 2 is 2.12 bits per heavy atom. The predicted molar refractivity (Wildman–Crippen MR) is 91.3 cm³/mol. The maximum absolute atomic E-state index is 12.9. The number of hydrogen-bond acceptors (Lipinski definition) is 5. The van der Waals surface area contributed by atoms with E-state index >= 15 is 0 Å². The normalized spacial score (nSPS) is 25.0. The molecule has 0 aromatic carbocycles. The molecule has 0 bridgehead atoms. The number of aromatic nitrogens is 1. The Kier molecular flexibility index (Phi) is 5.68. The zero-order valence-corrected chi connectivity index (χ0v) is 14.6. The minimum absolute atomic E-state index is 0.0764. The summed E-state index contributed by atoms with van der Waals surface area (Å²) in [5.74, 6) is 1.12. The number of ether oxygens (including phenoxy) is 2. The van der Waals surface area contributed by atoms with E-state index in [9.17, 15) is 4.79 Å². The lowest BCUT2D eigenvalue weighted by molar-refractivity contribution is 0.0103. The molecular formula is C18H27N3O3. The molecule has 6 nitrogen and oxygen atoms in total. The molecule has 3 heterocycles. The van der Waals surface area contributed by atoms with E-state index in [0.717, 1.165) is 45.8 Å². The summed E-state index contributed by atoms with van der Waals surface area (Å²) in [4.78, 5) is 21.5. The molecular weight excluding hydrogens is 306 g/mol. The highest BCUT2D eigenvalue weighted by molar-refractivity contribution is 5.94. The summed E-state index contributed by atoms with van der Waals surface area (Å²) in [5.41, 5.74) is 0.658. The molecule has 2 atom stereocenters. The highest BCUT2D eigenvalue weighted by Gasteiger charge is 2.38. The first-order valence-electron chi connectivity index (χ1n) is 8.92. The molecule has 24 heavy (non-hydrogen) atoms. The second-order valence-electron chi connectivity index (χ2n) is 6.41. The zero-order valence-electron chi connectivity index (χ0n) is 14.6. The molecule has 6 heteroatoms. The van der Waals surface area contributed by atoms with Crippen LogP contribution in [-0.2, 0) is 4.74 Å². The zero-order chi connectivity index (χ0) is 16.9. The number of amides is 1. The molecule has 0 saturated carbocycles. The monoisotopic (exact) mass is 333 g/mol. The van der Waals surface area contributed by atoms with Crippen molar-refractivity contribution in [1.29, 1.82) is 0 Å². The van der Waals surface area contributed by atoms with Crippen molar-refractivity contribution in [2.24, 2.45) is 5.92 Å². The Bertz CT molecular complexity index is 560. The number of carbonyl (C=O) groups is 1. The van der Waals surface area contributed by atoms with Crippen LogP contribution >= 0.6 is 0 Å². The van der Waals surface area contributed by atoms with Crippen LogP contribution in [0.4, 0.5) is 0 Å². The lowest BCUT2D eigenvalue weighted by Gasteiger charge is -2.34. The highest BCUT2D eigenvalue weighted by Crippen LogP contribution is 2.27. The first-order valence-corrected chi connectivity index (χ1v) is 8.92. The third kappa shape index (κ3) is 3.70. The van der Waals surface area contributed by atoms with E-state index in [2.05, 4.69) is 16.8 Å². The van der Waals surface area contributed by atoms with Crippen molar-refractivity contribution in [3.8, 4) is 5.88 Å². The summed E-state index contributed by atoms with van der Waals surface area (Å²) in [6.45, 7) is 9.81. The Hall–Kier alpha value is -1.66. The smallest absolute Gasteiger partial charge is 0.254 e. The van der Waals surface area contributed by atoms with Crippen LogP contribution in [-0.4, -0.2) is 72.7 Å². The fourth-order valence-electron chi connectivity index (χ4n) is 3.70. The summed E-state index contributed by atoms with van der Waals surface area (Å²) in [6.07, 6.45) is 2.73. The minimum atomic E-state index is 0.0764. The third-order valence-corrected chi connectivity index (χ3v) is 5.01. The van der Waals surface area contributed by atoms with E-state index < -0.39 is 0 Å². The number of morpholine rings is 1. The SMILES string of the molecule is CCOc1cc(C(=O)N2C[C@@H](CC)[C@@H](N3CCOCC3)C2)ccn1. The van der Waals surface area contributed by atoms with E-state index in [1.807, 2.05) is 11.8 Å². The van der Waals surface area contributed by atoms with Crippen molar-refractivity contribution < 1.29 is 14.3 Å². The Balaban J connectivity index is 1.70. The van der Waals surface area contributed by atoms with Gasteiger partial charge in [0.1, 0.15) is 0 Å². The molecule has 3 rings (SSSR count). The largest absolute Gasteiger partial charge is 0.478 e. The highest BCUT2D eigenvalue weighted by atomic mass is 16.5. The number of hydrogen-bond donors (Lipinski definition) is 0. The number of nitrogens with zero attached hydrogens (tertiary/aromatic N) is 3. The number of likely N-dealkylation sites (tertiary alicyclic amines) is 1. The lowest BCUT2D eigenvalue weighted by atomic mass is 9.99. The van der Waals surface area contributed by atoms with E-state index in [1.54, 1.807) is 18.3 Å². The topological polar surface area (TPSA) is 54.9 Å². The minimum Gasteiger partial charge on any atom is -0.478 e. The summed E-state index contributed by atoms with van der Waals surface area (Å²) >= 11 is 0. The maximum Gasteiger partial charge on any atom is 0.254 e. The van der Waals surface area contributed by atoms with Crippen LogP contribution in [0, 0.1) is 5.92 Å². The van der Waals surface area contributed by atoms with Crippen LogP contribution in [0.3, 0.4) is 0 Å². The van der Waals surface area contributed by atoms with Gasteiger partial charge in [-0.25, -0.2) is 4.98 Å². The first kappa shape index (κ1) is 17.2. The van der Waals surface area contributed by atoms with Gasteiger partial charge in [0.25, 0.3) is 5.91 Å². The van der Waals surface area contributed by atoms with Gasteiger partial charge in [-0.1, -0.05) is 13.3 Å². The molecule has 0 spiro atoms. The van der Waals surface area contributed by atoms with Gasteiger partial charge in [-0.2, -0.15) is 0 Å². The van der Waals surface area contributed by atoms with Crippen LogP contribution in [0.25, 0.3) is 0 Å². The van der Waals surface area contributed by atoms with E-state index in [1.165, 1.54) is 0 Å². The van der Waals surface area contributed by atoms with Crippen LogP contribution in [0.1, 0.15) is 30.6 Å². The average molecular weight is 333 g/mol. The molecule has 2 fully saturated rings. The van der Waals surface area contributed by atoms with Crippen LogP contribution in [0.15, 0.2) is 18.3 Å². The summed E-state index contributed by atoms with van der Waals surface area (Å²) in [6, 6.07) is 3.96. The van der Waals surface area contributed by atoms with Gasteiger partial charge in [-0.05, 0) is 18.9 Å². The van der Waals surface area contributed by atoms with Gasteiger partial charge < -0.3 is 14.4 Å². The molecule has 2 aliphatic rings. The van der Waals surface area contributed by atoms with Gasteiger partial charge in [-0.15, -0.1) is 0 Å². The third-order valence-electron chi connectivity index (χ3n) is 5.01. The molecule has 2 aliphatic heterocycles. The Labute approximate surface area is 143 Å². The van der Waals surface area contributed by atoms with Crippen LogP contribution in [0.2, 0.25) is 0 Å². The second kappa shape index (κ2) is 7.94. The summed E-state index contributed by atoms with van der Waals surface area (Å²) in [7, 11) is 0. The molecule has 1 amide bonds.